The zero-order valence-electron chi connectivity index (χ0n) is 9.41. The second-order valence-corrected chi connectivity index (χ2v) is 5.30. The Morgan fingerprint density at radius 1 is 1.44 bits per heavy atom. The van der Waals surface area contributed by atoms with Gasteiger partial charge in [0.1, 0.15) is 0 Å². The number of alkyl halides is 1. The highest BCUT2D eigenvalue weighted by Gasteiger charge is 2.19. The molecule has 1 amide bonds. The molecular formula is C12H15ClINO. The van der Waals surface area contributed by atoms with Crippen molar-refractivity contribution < 1.29 is 4.79 Å². The first-order valence-electron chi connectivity index (χ1n) is 5.19. The summed E-state index contributed by atoms with van der Waals surface area (Å²) < 4.78 is 0.977. The molecule has 0 radical (unpaired) electrons. The van der Waals surface area contributed by atoms with E-state index in [1.165, 1.54) is 0 Å². The summed E-state index contributed by atoms with van der Waals surface area (Å²) in [5.74, 6) is 0.522. The average molecular weight is 352 g/mol. The maximum Gasteiger partial charge on any atom is 0.255 e. The highest BCUT2D eigenvalue weighted by molar-refractivity contribution is 14.1. The fourth-order valence-electron chi connectivity index (χ4n) is 1.47. The Kier molecular flexibility index (Phi) is 5.55. The van der Waals surface area contributed by atoms with Gasteiger partial charge < -0.3 is 4.90 Å². The Morgan fingerprint density at radius 2 is 2.06 bits per heavy atom. The van der Waals surface area contributed by atoms with Crippen molar-refractivity contribution in [1.29, 1.82) is 0 Å². The molecule has 16 heavy (non-hydrogen) atoms. The maximum absolute atomic E-state index is 12.3. The third-order valence-corrected chi connectivity index (χ3v) is 3.42. The van der Waals surface area contributed by atoms with Crippen molar-refractivity contribution in [2.24, 2.45) is 0 Å². The van der Waals surface area contributed by atoms with Crippen LogP contribution in [-0.4, -0.2) is 29.3 Å². The van der Waals surface area contributed by atoms with E-state index in [9.17, 15) is 4.79 Å². The van der Waals surface area contributed by atoms with Crippen molar-refractivity contribution in [3.63, 3.8) is 0 Å². The van der Waals surface area contributed by atoms with Crippen LogP contribution in [0.3, 0.4) is 0 Å². The van der Waals surface area contributed by atoms with Gasteiger partial charge in [0.25, 0.3) is 5.91 Å². The number of carbonyl (C=O) groups is 1. The number of benzene rings is 1. The zero-order valence-corrected chi connectivity index (χ0v) is 12.3. The van der Waals surface area contributed by atoms with Crippen LogP contribution in [0.4, 0.5) is 0 Å². The highest BCUT2D eigenvalue weighted by Crippen LogP contribution is 2.15. The molecule has 0 N–H and O–H groups in total. The molecular weight excluding hydrogens is 336 g/mol. The monoisotopic (exact) mass is 351 g/mol. The van der Waals surface area contributed by atoms with Gasteiger partial charge in [-0.3, -0.25) is 4.79 Å². The van der Waals surface area contributed by atoms with E-state index in [0.717, 1.165) is 9.13 Å². The summed E-state index contributed by atoms with van der Waals surface area (Å²) in [5, 5.41) is 0. The molecule has 0 fully saturated rings. The lowest BCUT2D eigenvalue weighted by molar-refractivity contribution is 0.0717. The predicted molar refractivity (Wildman–Crippen MR) is 76.1 cm³/mol. The summed E-state index contributed by atoms with van der Waals surface area (Å²) in [7, 11) is 0. The molecule has 0 atom stereocenters. The van der Waals surface area contributed by atoms with Crippen molar-refractivity contribution >= 4 is 40.1 Å². The fourth-order valence-corrected chi connectivity index (χ4v) is 2.27. The van der Waals surface area contributed by atoms with Crippen LogP contribution in [0.25, 0.3) is 0 Å². The largest absolute Gasteiger partial charge is 0.335 e. The Bertz CT molecular complexity index is 368. The molecule has 4 heteroatoms. The van der Waals surface area contributed by atoms with Crippen molar-refractivity contribution in [2.75, 3.05) is 12.4 Å². The SMILES string of the molecule is CC(C)N(CCCl)C(=O)c1ccccc1I. The van der Waals surface area contributed by atoms with Crippen LogP contribution in [0.2, 0.25) is 0 Å². The van der Waals surface area contributed by atoms with Gasteiger partial charge in [0.15, 0.2) is 0 Å². The van der Waals surface area contributed by atoms with Gasteiger partial charge in [-0.1, -0.05) is 12.1 Å². The molecule has 0 aliphatic carbocycles. The number of halogens is 2. The van der Waals surface area contributed by atoms with Gasteiger partial charge in [0.05, 0.1) is 5.56 Å². The van der Waals surface area contributed by atoms with E-state index in [1.54, 1.807) is 4.90 Å². The summed E-state index contributed by atoms with van der Waals surface area (Å²) in [4.78, 5) is 14.1. The number of amides is 1. The van der Waals surface area contributed by atoms with Crippen LogP contribution in [0, 0.1) is 3.57 Å². The zero-order chi connectivity index (χ0) is 12.1. The number of carbonyl (C=O) groups excluding carboxylic acids is 1. The van der Waals surface area contributed by atoms with E-state index < -0.39 is 0 Å². The molecule has 1 aromatic carbocycles. The van der Waals surface area contributed by atoms with Gasteiger partial charge in [-0.25, -0.2) is 0 Å². The van der Waals surface area contributed by atoms with Crippen LogP contribution in [0.1, 0.15) is 24.2 Å². The molecule has 0 bridgehead atoms. The molecule has 0 saturated heterocycles. The third kappa shape index (κ3) is 3.35. The Labute approximate surface area is 115 Å². The lowest BCUT2D eigenvalue weighted by Gasteiger charge is -2.26. The Balaban J connectivity index is 2.95. The van der Waals surface area contributed by atoms with E-state index in [1.807, 2.05) is 38.1 Å². The Hall–Kier alpha value is -0.290. The van der Waals surface area contributed by atoms with Crippen LogP contribution in [-0.2, 0) is 0 Å². The number of hydrogen-bond acceptors (Lipinski definition) is 1. The number of hydrogen-bond donors (Lipinski definition) is 0. The predicted octanol–water partition coefficient (Wildman–Crippen LogP) is 3.38. The summed E-state index contributed by atoms with van der Waals surface area (Å²) in [6, 6.07) is 7.78. The molecule has 1 aromatic rings. The van der Waals surface area contributed by atoms with Crippen molar-refractivity contribution in [3.8, 4) is 0 Å². The molecule has 0 aliphatic rings. The van der Waals surface area contributed by atoms with Crippen LogP contribution >= 0.6 is 34.2 Å². The molecule has 0 saturated carbocycles. The van der Waals surface area contributed by atoms with E-state index >= 15 is 0 Å². The van der Waals surface area contributed by atoms with Gasteiger partial charge in [-0.2, -0.15) is 0 Å². The van der Waals surface area contributed by atoms with Gasteiger partial charge in [0, 0.05) is 22.0 Å². The molecule has 88 valence electrons. The van der Waals surface area contributed by atoms with E-state index in [-0.39, 0.29) is 11.9 Å². The molecule has 0 unspecified atom stereocenters. The molecule has 0 heterocycles. The minimum atomic E-state index is 0.0562. The molecule has 0 aliphatic heterocycles. The lowest BCUT2D eigenvalue weighted by Crippen LogP contribution is -2.38. The molecule has 1 rings (SSSR count). The number of nitrogens with zero attached hydrogens (tertiary/aromatic N) is 1. The van der Waals surface area contributed by atoms with Crippen LogP contribution in [0.15, 0.2) is 24.3 Å². The first-order chi connectivity index (χ1) is 7.57. The molecule has 2 nitrogen and oxygen atoms in total. The summed E-state index contributed by atoms with van der Waals surface area (Å²) in [5.41, 5.74) is 0.752. The average Bonchev–Trinajstić information content (AvgIpc) is 2.25. The van der Waals surface area contributed by atoms with E-state index in [2.05, 4.69) is 22.6 Å². The molecule has 0 aromatic heterocycles. The van der Waals surface area contributed by atoms with E-state index in [4.69, 9.17) is 11.6 Å². The van der Waals surface area contributed by atoms with Gasteiger partial charge in [0.2, 0.25) is 0 Å². The first-order valence-corrected chi connectivity index (χ1v) is 6.80. The lowest BCUT2D eigenvalue weighted by atomic mass is 10.2. The minimum Gasteiger partial charge on any atom is -0.335 e. The van der Waals surface area contributed by atoms with Crippen LogP contribution in [0.5, 0.6) is 0 Å². The van der Waals surface area contributed by atoms with Crippen LogP contribution < -0.4 is 0 Å². The van der Waals surface area contributed by atoms with Gasteiger partial charge >= 0.3 is 0 Å². The number of rotatable bonds is 4. The third-order valence-electron chi connectivity index (χ3n) is 2.31. The second-order valence-electron chi connectivity index (χ2n) is 3.76. The second kappa shape index (κ2) is 6.45. The quantitative estimate of drug-likeness (QED) is 0.601. The van der Waals surface area contributed by atoms with Gasteiger partial charge in [-0.15, -0.1) is 11.6 Å². The van der Waals surface area contributed by atoms with E-state index in [0.29, 0.717) is 12.4 Å². The maximum atomic E-state index is 12.3. The summed E-state index contributed by atoms with van der Waals surface area (Å²) >= 11 is 7.90. The Morgan fingerprint density at radius 3 is 2.56 bits per heavy atom. The highest BCUT2D eigenvalue weighted by atomic mass is 127. The first kappa shape index (κ1) is 13.8. The summed E-state index contributed by atoms with van der Waals surface area (Å²) in [6.45, 7) is 4.59. The van der Waals surface area contributed by atoms with Crippen molar-refractivity contribution in [2.45, 2.75) is 19.9 Å². The minimum absolute atomic E-state index is 0.0562. The standard InChI is InChI=1S/C12H15ClINO/c1-9(2)15(8-7-13)12(16)10-5-3-4-6-11(10)14/h3-6,9H,7-8H2,1-2H3. The van der Waals surface area contributed by atoms with Gasteiger partial charge in [-0.05, 0) is 48.6 Å². The fraction of sp³-hybridized carbons (Fsp3) is 0.417. The molecule has 0 spiro atoms. The van der Waals surface area contributed by atoms with Crippen molar-refractivity contribution in [1.82, 2.24) is 4.90 Å². The smallest absolute Gasteiger partial charge is 0.255 e. The van der Waals surface area contributed by atoms with Crippen molar-refractivity contribution in [3.05, 3.63) is 33.4 Å². The normalized spacial score (nSPS) is 10.6. The topological polar surface area (TPSA) is 20.3 Å². The summed E-state index contributed by atoms with van der Waals surface area (Å²) in [6.07, 6.45) is 0.